The average Bonchev–Trinajstić information content (AvgIpc) is 3.29. The highest BCUT2D eigenvalue weighted by atomic mass is 32.2. The Balaban J connectivity index is 1.43. The van der Waals surface area contributed by atoms with Crippen LogP contribution in [0, 0.1) is 18.2 Å². The molecule has 35 heavy (non-hydrogen) atoms. The maximum Gasteiger partial charge on any atom is 0.267 e. The van der Waals surface area contributed by atoms with Gasteiger partial charge in [0, 0.05) is 19.0 Å². The first-order valence-corrected chi connectivity index (χ1v) is 12.2. The molecule has 0 atom stereocenters. The summed E-state index contributed by atoms with van der Waals surface area (Å²) >= 11 is 2.44. The fraction of sp³-hybridized carbons (Fsp3) is 0.130. The van der Waals surface area contributed by atoms with E-state index in [2.05, 4.69) is 20.5 Å². The molecule has 0 saturated heterocycles. The zero-order valence-electron chi connectivity index (χ0n) is 18.6. The molecule has 0 aliphatic carbocycles. The van der Waals surface area contributed by atoms with Gasteiger partial charge in [-0.05, 0) is 36.2 Å². The van der Waals surface area contributed by atoms with E-state index in [9.17, 15) is 14.0 Å². The van der Waals surface area contributed by atoms with Gasteiger partial charge in [0.25, 0.3) is 11.5 Å². The van der Waals surface area contributed by atoms with Crippen molar-refractivity contribution >= 4 is 50.8 Å². The van der Waals surface area contributed by atoms with Crippen LogP contribution in [0.25, 0.3) is 16.7 Å². The molecule has 0 saturated carbocycles. The smallest absolute Gasteiger partial charge is 0.267 e. The van der Waals surface area contributed by atoms with Gasteiger partial charge in [0.05, 0.1) is 10.9 Å². The summed E-state index contributed by atoms with van der Waals surface area (Å²) in [6, 6.07) is 11.5. The van der Waals surface area contributed by atoms with Crippen molar-refractivity contribution in [2.75, 3.05) is 5.32 Å². The SMILES string of the molecule is Cc1cccn2c(=O)c3cc(C(=O)Nc4nnc(SCc5ccccc5F)s4)c(=N)n(C)c3nc12. The number of fused-ring (bicyclic) bond motifs is 2. The summed E-state index contributed by atoms with van der Waals surface area (Å²) in [5.74, 6) is -0.515. The molecule has 1 amide bonds. The first-order valence-electron chi connectivity index (χ1n) is 10.4. The highest BCUT2D eigenvalue weighted by molar-refractivity contribution is 8.00. The second-order valence-electron chi connectivity index (χ2n) is 7.71. The molecule has 12 heteroatoms. The minimum atomic E-state index is -0.594. The standard InChI is InChI=1S/C23H18FN7O2S2/c1-12-6-5-9-31-18(12)26-19-15(21(31)33)10-14(17(25)30(19)2)20(32)27-22-28-29-23(35-22)34-11-13-7-3-4-8-16(13)24/h3-10,25H,11H2,1-2H3,(H,27,28,32). The summed E-state index contributed by atoms with van der Waals surface area (Å²) in [4.78, 5) is 30.7. The van der Waals surface area contributed by atoms with Gasteiger partial charge in [0.1, 0.15) is 22.6 Å². The Morgan fingerprint density at radius 3 is 2.80 bits per heavy atom. The van der Waals surface area contributed by atoms with Gasteiger partial charge in [0.2, 0.25) is 5.13 Å². The summed E-state index contributed by atoms with van der Waals surface area (Å²) < 4.78 is 17.2. The van der Waals surface area contributed by atoms with Crippen LogP contribution in [0.2, 0.25) is 0 Å². The zero-order valence-corrected chi connectivity index (χ0v) is 20.2. The number of nitrogens with one attached hydrogen (secondary N) is 2. The van der Waals surface area contributed by atoms with Crippen LogP contribution in [0.15, 0.2) is 57.8 Å². The lowest BCUT2D eigenvalue weighted by atomic mass is 10.2. The predicted octanol–water partition coefficient (Wildman–Crippen LogP) is 3.51. The van der Waals surface area contributed by atoms with E-state index in [1.165, 1.54) is 32.9 Å². The molecule has 5 aromatic rings. The number of nitrogens with zero attached hydrogens (tertiary/aromatic N) is 5. The van der Waals surface area contributed by atoms with E-state index >= 15 is 0 Å². The van der Waals surface area contributed by atoms with Gasteiger partial charge in [-0.1, -0.05) is 47.4 Å². The van der Waals surface area contributed by atoms with E-state index in [1.54, 1.807) is 37.5 Å². The molecular formula is C23H18FN7O2S2. The summed E-state index contributed by atoms with van der Waals surface area (Å²) in [5, 5.41) is 19.6. The molecule has 0 fully saturated rings. The summed E-state index contributed by atoms with van der Waals surface area (Å²) in [7, 11) is 1.59. The first-order chi connectivity index (χ1) is 16.8. The van der Waals surface area contributed by atoms with Crippen LogP contribution in [0.1, 0.15) is 21.5 Å². The third-order valence-corrected chi connectivity index (χ3v) is 7.46. The lowest BCUT2D eigenvalue weighted by Crippen LogP contribution is -2.30. The maximum absolute atomic E-state index is 13.8. The second-order valence-corrected chi connectivity index (χ2v) is 9.91. The highest BCUT2D eigenvalue weighted by Gasteiger charge is 2.18. The Bertz CT molecular complexity index is 1740. The normalized spacial score (nSPS) is 11.3. The Labute approximate surface area is 205 Å². The van der Waals surface area contributed by atoms with E-state index in [1.807, 2.05) is 13.0 Å². The summed E-state index contributed by atoms with van der Waals surface area (Å²) in [6.07, 6.45) is 1.62. The summed E-state index contributed by atoms with van der Waals surface area (Å²) in [5.41, 5.74) is 1.74. The van der Waals surface area contributed by atoms with Crippen molar-refractivity contribution in [3.63, 3.8) is 0 Å². The Morgan fingerprint density at radius 1 is 1.20 bits per heavy atom. The van der Waals surface area contributed by atoms with Gasteiger partial charge in [-0.15, -0.1) is 10.2 Å². The molecular weight excluding hydrogens is 489 g/mol. The Kier molecular flexibility index (Phi) is 5.91. The lowest BCUT2D eigenvalue weighted by Gasteiger charge is -2.11. The number of benzene rings is 1. The van der Waals surface area contributed by atoms with Crippen LogP contribution in [-0.2, 0) is 12.8 Å². The molecule has 2 N–H and O–H groups in total. The number of carbonyl (C=O) groups is 1. The fourth-order valence-corrected chi connectivity index (χ4v) is 5.33. The van der Waals surface area contributed by atoms with Gasteiger partial charge < -0.3 is 4.57 Å². The summed E-state index contributed by atoms with van der Waals surface area (Å²) in [6.45, 7) is 1.85. The molecule has 4 aromatic heterocycles. The van der Waals surface area contributed by atoms with Crippen molar-refractivity contribution in [3.8, 4) is 0 Å². The van der Waals surface area contributed by atoms with Gasteiger partial charge in [-0.3, -0.25) is 24.7 Å². The Hall–Kier alpha value is -3.90. The number of hydrogen-bond acceptors (Lipinski definition) is 8. The molecule has 176 valence electrons. The van der Waals surface area contributed by atoms with Crippen LogP contribution in [0.4, 0.5) is 9.52 Å². The van der Waals surface area contributed by atoms with Gasteiger partial charge in [-0.25, -0.2) is 9.37 Å². The molecule has 4 heterocycles. The van der Waals surface area contributed by atoms with Crippen LogP contribution < -0.4 is 16.4 Å². The molecule has 9 nitrogen and oxygen atoms in total. The van der Waals surface area contributed by atoms with Crippen LogP contribution in [0.3, 0.4) is 0 Å². The van der Waals surface area contributed by atoms with Crippen molar-refractivity contribution in [2.45, 2.75) is 17.0 Å². The molecule has 0 radical (unpaired) electrons. The number of amides is 1. The number of anilines is 1. The van der Waals surface area contributed by atoms with Crippen molar-refractivity contribution in [2.24, 2.45) is 7.05 Å². The van der Waals surface area contributed by atoms with Crippen molar-refractivity contribution in [1.82, 2.24) is 24.1 Å². The molecule has 1 aromatic carbocycles. The minimum Gasteiger partial charge on any atom is -0.313 e. The van der Waals surface area contributed by atoms with E-state index in [0.717, 1.165) is 16.9 Å². The van der Waals surface area contributed by atoms with Crippen LogP contribution in [-0.4, -0.2) is 30.1 Å². The number of carbonyl (C=O) groups excluding carboxylic acids is 1. The predicted molar refractivity (Wildman–Crippen MR) is 132 cm³/mol. The molecule has 0 aliphatic rings. The quantitative estimate of drug-likeness (QED) is 0.214. The maximum atomic E-state index is 13.8. The van der Waals surface area contributed by atoms with E-state index in [4.69, 9.17) is 5.41 Å². The van der Waals surface area contributed by atoms with Gasteiger partial charge in [-0.2, -0.15) is 0 Å². The average molecular weight is 508 g/mol. The third-order valence-electron chi connectivity index (χ3n) is 5.44. The number of halogens is 1. The van der Waals surface area contributed by atoms with Crippen LogP contribution in [0.5, 0.6) is 0 Å². The topological polar surface area (TPSA) is 118 Å². The van der Waals surface area contributed by atoms with Crippen molar-refractivity contribution in [3.05, 3.63) is 87.0 Å². The van der Waals surface area contributed by atoms with E-state index in [-0.39, 0.29) is 32.9 Å². The molecule has 5 rings (SSSR count). The molecule has 0 aliphatic heterocycles. The second kappa shape index (κ2) is 9.04. The number of aryl methyl sites for hydroxylation is 2. The largest absolute Gasteiger partial charge is 0.313 e. The number of hydrogen-bond donors (Lipinski definition) is 2. The first kappa shape index (κ1) is 22.9. The van der Waals surface area contributed by atoms with E-state index < -0.39 is 5.91 Å². The third kappa shape index (κ3) is 4.21. The van der Waals surface area contributed by atoms with Gasteiger partial charge >= 0.3 is 0 Å². The molecule has 0 unspecified atom stereocenters. The van der Waals surface area contributed by atoms with Crippen LogP contribution >= 0.6 is 23.1 Å². The monoisotopic (exact) mass is 507 g/mol. The number of thioether (sulfide) groups is 1. The van der Waals surface area contributed by atoms with Gasteiger partial charge in [0.15, 0.2) is 4.34 Å². The van der Waals surface area contributed by atoms with Crippen molar-refractivity contribution < 1.29 is 9.18 Å². The fourth-order valence-electron chi connectivity index (χ4n) is 3.59. The van der Waals surface area contributed by atoms with Crippen molar-refractivity contribution in [1.29, 1.82) is 5.41 Å². The number of rotatable bonds is 5. The molecule has 0 bridgehead atoms. The Morgan fingerprint density at radius 2 is 2.00 bits per heavy atom. The highest BCUT2D eigenvalue weighted by Crippen LogP contribution is 2.29. The van der Waals surface area contributed by atoms with E-state index in [0.29, 0.717) is 27.0 Å². The zero-order chi connectivity index (χ0) is 24.7. The number of pyridine rings is 2. The number of aromatic nitrogens is 5. The minimum absolute atomic E-state index is 0.00210. The molecule has 0 spiro atoms. The lowest BCUT2D eigenvalue weighted by molar-refractivity contribution is 0.102.